The largest absolute Gasteiger partial charge is 0.487 e. The third-order valence-electron chi connectivity index (χ3n) is 3.93. The van der Waals surface area contributed by atoms with Gasteiger partial charge in [0, 0.05) is 10.9 Å². The second-order valence-electron chi connectivity index (χ2n) is 6.31. The number of fused-ring (bicyclic) bond motifs is 1. The molecule has 21 heavy (non-hydrogen) atoms. The van der Waals surface area contributed by atoms with E-state index in [1.54, 1.807) is 0 Å². The van der Waals surface area contributed by atoms with Crippen LogP contribution in [0.5, 0.6) is 5.75 Å². The predicted molar refractivity (Wildman–Crippen MR) is 87.8 cm³/mol. The van der Waals surface area contributed by atoms with Crippen molar-refractivity contribution in [1.82, 2.24) is 0 Å². The number of aliphatic hydroxyl groups excluding tert-OH is 1. The van der Waals surface area contributed by atoms with E-state index in [-0.39, 0.29) is 5.60 Å². The van der Waals surface area contributed by atoms with Crippen molar-refractivity contribution in [1.29, 1.82) is 0 Å². The normalized spacial score (nSPS) is 17.2. The quantitative estimate of drug-likeness (QED) is 0.863. The van der Waals surface area contributed by atoms with Crippen LogP contribution in [0.25, 0.3) is 0 Å². The van der Waals surface area contributed by atoms with Gasteiger partial charge in [-0.3, -0.25) is 0 Å². The van der Waals surface area contributed by atoms with Crippen molar-refractivity contribution in [3.05, 3.63) is 63.1 Å². The summed E-state index contributed by atoms with van der Waals surface area (Å²) in [7, 11) is 0. The maximum atomic E-state index is 10.7. The van der Waals surface area contributed by atoms with E-state index in [4.69, 9.17) is 4.74 Å². The summed E-state index contributed by atoms with van der Waals surface area (Å²) in [4.78, 5) is 0. The first-order valence-corrected chi connectivity index (χ1v) is 7.91. The Morgan fingerprint density at radius 2 is 1.95 bits per heavy atom. The molecule has 0 amide bonds. The monoisotopic (exact) mass is 346 g/mol. The van der Waals surface area contributed by atoms with E-state index in [9.17, 15) is 5.11 Å². The summed E-state index contributed by atoms with van der Waals surface area (Å²) in [5, 5.41) is 10.7. The van der Waals surface area contributed by atoms with E-state index in [2.05, 4.69) is 35.8 Å². The molecule has 0 saturated heterocycles. The van der Waals surface area contributed by atoms with Crippen LogP contribution in [0.2, 0.25) is 0 Å². The molecule has 3 rings (SSSR count). The Balaban J connectivity index is 1.95. The molecular formula is C18H19BrO2. The van der Waals surface area contributed by atoms with Gasteiger partial charge in [0.2, 0.25) is 0 Å². The van der Waals surface area contributed by atoms with E-state index in [0.717, 1.165) is 33.3 Å². The summed E-state index contributed by atoms with van der Waals surface area (Å²) in [5.74, 6) is 0.934. The molecular weight excluding hydrogens is 328 g/mol. The fourth-order valence-corrected chi connectivity index (χ4v) is 3.40. The first-order chi connectivity index (χ1) is 9.85. The lowest BCUT2D eigenvalue weighted by molar-refractivity contribution is 0.138. The summed E-state index contributed by atoms with van der Waals surface area (Å²) >= 11 is 3.46. The van der Waals surface area contributed by atoms with Crippen LogP contribution >= 0.6 is 15.9 Å². The SMILES string of the molecule is Cc1cc(Br)ccc1C(O)c1ccc2c(c1)CC(C)(C)O2. The zero-order valence-electron chi connectivity index (χ0n) is 12.5. The van der Waals surface area contributed by atoms with E-state index in [1.165, 1.54) is 5.56 Å². The lowest BCUT2D eigenvalue weighted by Crippen LogP contribution is -2.24. The van der Waals surface area contributed by atoms with Crippen LogP contribution in [-0.2, 0) is 6.42 Å². The highest BCUT2D eigenvalue weighted by atomic mass is 79.9. The van der Waals surface area contributed by atoms with Gasteiger partial charge in [0.25, 0.3) is 0 Å². The van der Waals surface area contributed by atoms with E-state index in [1.807, 2.05) is 37.3 Å². The van der Waals surface area contributed by atoms with Gasteiger partial charge in [-0.2, -0.15) is 0 Å². The Morgan fingerprint density at radius 3 is 2.67 bits per heavy atom. The Labute approximate surface area is 133 Å². The zero-order chi connectivity index (χ0) is 15.2. The van der Waals surface area contributed by atoms with Gasteiger partial charge < -0.3 is 9.84 Å². The molecule has 1 aliphatic rings. The van der Waals surface area contributed by atoms with Crippen LogP contribution in [0.15, 0.2) is 40.9 Å². The highest BCUT2D eigenvalue weighted by Gasteiger charge is 2.30. The third kappa shape index (κ3) is 2.85. The number of rotatable bonds is 2. The molecule has 1 unspecified atom stereocenters. The Kier molecular flexibility index (Phi) is 3.58. The lowest BCUT2D eigenvalue weighted by Gasteiger charge is -2.16. The molecule has 0 spiro atoms. The van der Waals surface area contributed by atoms with Crippen molar-refractivity contribution in [3.8, 4) is 5.75 Å². The molecule has 110 valence electrons. The van der Waals surface area contributed by atoms with Crippen LogP contribution in [-0.4, -0.2) is 10.7 Å². The number of benzene rings is 2. The van der Waals surface area contributed by atoms with E-state index < -0.39 is 6.10 Å². The van der Waals surface area contributed by atoms with Gasteiger partial charge in [-0.1, -0.05) is 28.1 Å². The van der Waals surface area contributed by atoms with Crippen LogP contribution in [0, 0.1) is 6.92 Å². The number of halogens is 1. The fraction of sp³-hybridized carbons (Fsp3) is 0.333. The molecule has 1 heterocycles. The number of ether oxygens (including phenoxy) is 1. The van der Waals surface area contributed by atoms with Crippen LogP contribution in [0.4, 0.5) is 0 Å². The van der Waals surface area contributed by atoms with Gasteiger partial charge in [0.1, 0.15) is 17.5 Å². The smallest absolute Gasteiger partial charge is 0.123 e. The maximum Gasteiger partial charge on any atom is 0.123 e. The third-order valence-corrected chi connectivity index (χ3v) is 4.42. The number of hydrogen-bond donors (Lipinski definition) is 1. The van der Waals surface area contributed by atoms with Gasteiger partial charge in [-0.25, -0.2) is 0 Å². The van der Waals surface area contributed by atoms with E-state index in [0.29, 0.717) is 0 Å². The molecule has 2 aromatic carbocycles. The fourth-order valence-electron chi connectivity index (χ4n) is 2.93. The summed E-state index contributed by atoms with van der Waals surface area (Å²) in [6.07, 6.45) is 0.273. The highest BCUT2D eigenvalue weighted by Crippen LogP contribution is 2.37. The van der Waals surface area contributed by atoms with Gasteiger partial charge in [-0.15, -0.1) is 0 Å². The molecule has 0 radical (unpaired) electrons. The van der Waals surface area contributed by atoms with Crippen molar-refractivity contribution in [2.45, 2.75) is 38.9 Å². The van der Waals surface area contributed by atoms with Gasteiger partial charge in [0.05, 0.1) is 0 Å². The predicted octanol–water partition coefficient (Wildman–Crippen LogP) is 4.55. The summed E-state index contributed by atoms with van der Waals surface area (Å²) in [5.41, 5.74) is 3.96. The summed E-state index contributed by atoms with van der Waals surface area (Å²) in [6.45, 7) is 6.19. The Morgan fingerprint density at radius 1 is 1.19 bits per heavy atom. The van der Waals surface area contributed by atoms with Crippen molar-refractivity contribution in [2.75, 3.05) is 0 Å². The average Bonchev–Trinajstić information content (AvgIpc) is 2.70. The van der Waals surface area contributed by atoms with Crippen molar-refractivity contribution < 1.29 is 9.84 Å². The van der Waals surface area contributed by atoms with Crippen molar-refractivity contribution >= 4 is 15.9 Å². The van der Waals surface area contributed by atoms with Crippen molar-refractivity contribution in [2.24, 2.45) is 0 Å². The molecule has 1 atom stereocenters. The second kappa shape index (κ2) is 5.15. The molecule has 1 N–H and O–H groups in total. The van der Waals surface area contributed by atoms with E-state index >= 15 is 0 Å². The van der Waals surface area contributed by atoms with Crippen LogP contribution in [0.3, 0.4) is 0 Å². The molecule has 0 bridgehead atoms. The minimum atomic E-state index is -0.605. The molecule has 0 aromatic heterocycles. The van der Waals surface area contributed by atoms with Crippen LogP contribution < -0.4 is 4.74 Å². The topological polar surface area (TPSA) is 29.5 Å². The van der Waals surface area contributed by atoms with Gasteiger partial charge in [0.15, 0.2) is 0 Å². The standard InChI is InChI=1S/C18H19BrO2/c1-11-8-14(19)5-6-15(11)17(20)12-4-7-16-13(9-12)10-18(2,3)21-16/h4-9,17,20H,10H2,1-3H3. The number of aryl methyl sites for hydroxylation is 1. The molecule has 0 saturated carbocycles. The highest BCUT2D eigenvalue weighted by molar-refractivity contribution is 9.10. The van der Waals surface area contributed by atoms with Crippen molar-refractivity contribution in [3.63, 3.8) is 0 Å². The number of aliphatic hydroxyl groups is 1. The average molecular weight is 347 g/mol. The molecule has 0 aliphatic carbocycles. The Hall–Kier alpha value is -1.32. The minimum absolute atomic E-state index is 0.153. The Bertz CT molecular complexity index is 692. The molecule has 2 nitrogen and oxygen atoms in total. The van der Waals surface area contributed by atoms with Gasteiger partial charge >= 0.3 is 0 Å². The summed E-state index contributed by atoms with van der Waals surface area (Å²) in [6, 6.07) is 11.9. The lowest BCUT2D eigenvalue weighted by atomic mass is 9.94. The second-order valence-corrected chi connectivity index (χ2v) is 7.22. The summed E-state index contributed by atoms with van der Waals surface area (Å²) < 4.78 is 6.91. The molecule has 2 aromatic rings. The molecule has 1 aliphatic heterocycles. The zero-order valence-corrected chi connectivity index (χ0v) is 14.1. The first-order valence-electron chi connectivity index (χ1n) is 7.12. The van der Waals surface area contributed by atoms with Gasteiger partial charge in [-0.05, 0) is 67.3 Å². The molecule has 0 fully saturated rings. The van der Waals surface area contributed by atoms with Crippen LogP contribution in [0.1, 0.15) is 42.2 Å². The maximum absolute atomic E-state index is 10.7. The minimum Gasteiger partial charge on any atom is -0.487 e. The first kappa shape index (κ1) is 14.6. The molecule has 3 heteroatoms. The number of hydrogen-bond acceptors (Lipinski definition) is 2.